The Kier molecular flexibility index (Phi) is 3.70. The summed E-state index contributed by atoms with van der Waals surface area (Å²) >= 11 is 3.93. The van der Waals surface area contributed by atoms with E-state index in [4.69, 9.17) is 0 Å². The van der Waals surface area contributed by atoms with Crippen molar-refractivity contribution < 1.29 is 10.2 Å². The molecule has 0 bridgehead atoms. The van der Waals surface area contributed by atoms with Gasteiger partial charge in [-0.15, -0.1) is 0 Å². The number of fused-ring (bicyclic) bond motifs is 1. The molecular weight excluding hydrogens is 252 g/mol. The SMILES string of the molecule is Cn1cnc2ccc(C(O)C(O)CS)cc2c1=O. The molecule has 96 valence electrons. The second kappa shape index (κ2) is 5.09. The first-order valence-corrected chi connectivity index (χ1v) is 6.10. The van der Waals surface area contributed by atoms with Crippen molar-refractivity contribution in [2.75, 3.05) is 5.75 Å². The van der Waals surface area contributed by atoms with Crippen LogP contribution in [0.3, 0.4) is 0 Å². The van der Waals surface area contributed by atoms with E-state index in [-0.39, 0.29) is 11.3 Å². The first-order valence-electron chi connectivity index (χ1n) is 5.47. The topological polar surface area (TPSA) is 75.3 Å². The third-order valence-corrected chi connectivity index (χ3v) is 3.21. The van der Waals surface area contributed by atoms with Crippen LogP contribution in [0.4, 0.5) is 0 Å². The van der Waals surface area contributed by atoms with Crippen LogP contribution in [0.15, 0.2) is 29.3 Å². The largest absolute Gasteiger partial charge is 0.389 e. The van der Waals surface area contributed by atoms with E-state index in [9.17, 15) is 15.0 Å². The van der Waals surface area contributed by atoms with Gasteiger partial charge in [-0.3, -0.25) is 4.79 Å². The number of thiol groups is 1. The molecule has 2 rings (SSSR count). The average Bonchev–Trinajstić information content (AvgIpc) is 2.41. The zero-order valence-corrected chi connectivity index (χ0v) is 10.7. The summed E-state index contributed by atoms with van der Waals surface area (Å²) in [5.41, 5.74) is 0.859. The van der Waals surface area contributed by atoms with Crippen LogP contribution in [0.1, 0.15) is 11.7 Å². The third kappa shape index (κ3) is 2.27. The monoisotopic (exact) mass is 266 g/mol. The molecule has 0 spiro atoms. The van der Waals surface area contributed by atoms with Gasteiger partial charge < -0.3 is 14.8 Å². The molecule has 0 aliphatic rings. The number of benzene rings is 1. The van der Waals surface area contributed by atoms with E-state index in [1.807, 2.05) is 0 Å². The van der Waals surface area contributed by atoms with E-state index in [1.54, 1.807) is 25.2 Å². The Hall–Kier alpha value is -1.37. The number of rotatable bonds is 3. The van der Waals surface area contributed by atoms with E-state index in [2.05, 4.69) is 17.6 Å². The lowest BCUT2D eigenvalue weighted by Gasteiger charge is -2.16. The molecule has 0 aliphatic carbocycles. The van der Waals surface area contributed by atoms with Crippen molar-refractivity contribution in [1.82, 2.24) is 9.55 Å². The minimum atomic E-state index is -1.06. The van der Waals surface area contributed by atoms with Crippen LogP contribution >= 0.6 is 12.6 Å². The van der Waals surface area contributed by atoms with Gasteiger partial charge in [0.05, 0.1) is 23.3 Å². The summed E-state index contributed by atoms with van der Waals surface area (Å²) in [5, 5.41) is 19.9. The standard InChI is InChI=1S/C12H14N2O3S/c1-14-6-13-9-3-2-7(4-8(9)12(14)17)11(16)10(15)5-18/h2-4,6,10-11,15-16,18H,5H2,1H3. The normalized spacial score (nSPS) is 14.7. The number of nitrogens with zero attached hydrogens (tertiary/aromatic N) is 2. The summed E-state index contributed by atoms with van der Waals surface area (Å²) in [7, 11) is 1.61. The maximum absolute atomic E-state index is 11.9. The van der Waals surface area contributed by atoms with Gasteiger partial charge in [0.1, 0.15) is 6.10 Å². The lowest BCUT2D eigenvalue weighted by molar-refractivity contribution is 0.0338. The minimum absolute atomic E-state index is 0.143. The van der Waals surface area contributed by atoms with Crippen LogP contribution in [0, 0.1) is 0 Å². The first kappa shape index (κ1) is 13.1. The Bertz CT molecular complexity index is 626. The number of hydrogen-bond donors (Lipinski definition) is 3. The summed E-state index contributed by atoms with van der Waals surface area (Å²) in [6, 6.07) is 4.86. The van der Waals surface area contributed by atoms with Gasteiger partial charge in [0.25, 0.3) is 5.56 Å². The molecule has 0 aliphatic heterocycles. The fourth-order valence-electron chi connectivity index (χ4n) is 1.73. The number of aliphatic hydroxyl groups is 2. The molecule has 0 saturated carbocycles. The summed E-state index contributed by atoms with van der Waals surface area (Å²) in [6.45, 7) is 0. The molecule has 2 aromatic rings. The molecule has 2 N–H and O–H groups in total. The highest BCUT2D eigenvalue weighted by atomic mass is 32.1. The predicted octanol–water partition coefficient (Wildman–Crippen LogP) is 0.258. The quantitative estimate of drug-likeness (QED) is 0.697. The summed E-state index contributed by atoms with van der Waals surface area (Å²) in [5.74, 6) is 0.143. The maximum atomic E-state index is 11.9. The lowest BCUT2D eigenvalue weighted by Crippen LogP contribution is -2.21. The molecule has 5 nitrogen and oxygen atoms in total. The second-order valence-corrected chi connectivity index (χ2v) is 4.50. The fraction of sp³-hybridized carbons (Fsp3) is 0.333. The molecule has 1 aromatic carbocycles. The zero-order chi connectivity index (χ0) is 13.3. The van der Waals surface area contributed by atoms with Crippen LogP contribution in [0.2, 0.25) is 0 Å². The highest BCUT2D eigenvalue weighted by molar-refractivity contribution is 7.80. The summed E-state index contributed by atoms with van der Waals surface area (Å²) < 4.78 is 1.37. The number of hydrogen-bond acceptors (Lipinski definition) is 5. The van der Waals surface area contributed by atoms with E-state index in [0.29, 0.717) is 16.5 Å². The number of aromatic nitrogens is 2. The Balaban J connectivity index is 2.56. The van der Waals surface area contributed by atoms with Crippen LogP contribution in [0.5, 0.6) is 0 Å². The molecule has 1 heterocycles. The van der Waals surface area contributed by atoms with Crippen LogP contribution in [-0.4, -0.2) is 31.6 Å². The molecule has 1 aromatic heterocycles. The zero-order valence-electron chi connectivity index (χ0n) is 9.82. The van der Waals surface area contributed by atoms with Gasteiger partial charge in [0, 0.05) is 12.8 Å². The molecule has 2 unspecified atom stereocenters. The van der Waals surface area contributed by atoms with Crippen molar-refractivity contribution >= 4 is 23.5 Å². The smallest absolute Gasteiger partial charge is 0.260 e. The molecule has 6 heteroatoms. The number of aliphatic hydroxyl groups excluding tert-OH is 2. The minimum Gasteiger partial charge on any atom is -0.389 e. The Morgan fingerprint density at radius 3 is 2.83 bits per heavy atom. The van der Waals surface area contributed by atoms with Gasteiger partial charge in [-0.25, -0.2) is 4.98 Å². The average molecular weight is 266 g/mol. The van der Waals surface area contributed by atoms with Crippen LogP contribution in [0.25, 0.3) is 10.9 Å². The van der Waals surface area contributed by atoms with Gasteiger partial charge in [-0.1, -0.05) is 6.07 Å². The van der Waals surface area contributed by atoms with Crippen molar-refractivity contribution in [1.29, 1.82) is 0 Å². The van der Waals surface area contributed by atoms with Crippen molar-refractivity contribution in [3.05, 3.63) is 40.4 Å². The van der Waals surface area contributed by atoms with E-state index >= 15 is 0 Å². The van der Waals surface area contributed by atoms with Crippen molar-refractivity contribution in [2.45, 2.75) is 12.2 Å². The molecule has 18 heavy (non-hydrogen) atoms. The second-order valence-electron chi connectivity index (χ2n) is 4.13. The molecule has 0 amide bonds. The molecule has 0 fully saturated rings. The van der Waals surface area contributed by atoms with Gasteiger partial charge in [0.2, 0.25) is 0 Å². The molecule has 2 atom stereocenters. The Morgan fingerprint density at radius 2 is 2.17 bits per heavy atom. The van der Waals surface area contributed by atoms with Gasteiger partial charge in [-0.05, 0) is 17.7 Å². The van der Waals surface area contributed by atoms with Crippen LogP contribution < -0.4 is 5.56 Å². The number of aryl methyl sites for hydroxylation is 1. The molecule has 0 saturated heterocycles. The lowest BCUT2D eigenvalue weighted by atomic mass is 10.0. The highest BCUT2D eigenvalue weighted by Crippen LogP contribution is 2.20. The Morgan fingerprint density at radius 1 is 1.44 bits per heavy atom. The van der Waals surface area contributed by atoms with E-state index in [1.165, 1.54) is 10.9 Å². The van der Waals surface area contributed by atoms with Crippen molar-refractivity contribution in [3.63, 3.8) is 0 Å². The van der Waals surface area contributed by atoms with Gasteiger partial charge in [-0.2, -0.15) is 12.6 Å². The van der Waals surface area contributed by atoms with Crippen molar-refractivity contribution in [3.8, 4) is 0 Å². The summed E-state index contributed by atoms with van der Waals surface area (Å²) in [4.78, 5) is 16.0. The van der Waals surface area contributed by atoms with Crippen LogP contribution in [-0.2, 0) is 7.05 Å². The van der Waals surface area contributed by atoms with E-state index < -0.39 is 12.2 Å². The Labute approximate surface area is 109 Å². The molecule has 0 radical (unpaired) electrons. The fourth-order valence-corrected chi connectivity index (χ4v) is 1.93. The van der Waals surface area contributed by atoms with Gasteiger partial charge >= 0.3 is 0 Å². The van der Waals surface area contributed by atoms with Gasteiger partial charge in [0.15, 0.2) is 0 Å². The first-order chi connectivity index (χ1) is 8.54. The maximum Gasteiger partial charge on any atom is 0.260 e. The van der Waals surface area contributed by atoms with Crippen molar-refractivity contribution in [2.24, 2.45) is 7.05 Å². The summed E-state index contributed by atoms with van der Waals surface area (Å²) in [6.07, 6.45) is -0.577. The highest BCUT2D eigenvalue weighted by Gasteiger charge is 2.17. The predicted molar refractivity (Wildman–Crippen MR) is 71.8 cm³/mol. The third-order valence-electron chi connectivity index (χ3n) is 2.83. The van der Waals surface area contributed by atoms with E-state index in [0.717, 1.165) is 0 Å². The molecular formula is C12H14N2O3S.